The van der Waals surface area contributed by atoms with Gasteiger partial charge in [-0.2, -0.15) is 13.2 Å². The monoisotopic (exact) mass is 205 g/mol. The highest BCUT2D eigenvalue weighted by Gasteiger charge is 2.38. The fourth-order valence-corrected chi connectivity index (χ4v) is 0.628. The van der Waals surface area contributed by atoms with Crippen molar-refractivity contribution in [3.8, 4) is 0 Å². The molecule has 76 valence electrons. The molecule has 1 aromatic rings. The van der Waals surface area contributed by atoms with Crippen molar-refractivity contribution in [1.29, 1.82) is 0 Å². The number of hydrogen-bond acceptors (Lipinski definition) is 3. The lowest BCUT2D eigenvalue weighted by molar-refractivity contribution is -0.173. The van der Waals surface area contributed by atoms with Crippen LogP contribution in [0.2, 0.25) is 0 Å². The molecule has 1 heterocycles. The van der Waals surface area contributed by atoms with Crippen molar-refractivity contribution in [3.05, 3.63) is 24.4 Å². The van der Waals surface area contributed by atoms with Crippen molar-refractivity contribution in [2.75, 3.05) is 5.43 Å². The highest BCUT2D eigenvalue weighted by Crippen LogP contribution is 2.13. The van der Waals surface area contributed by atoms with E-state index in [0.29, 0.717) is 0 Å². The Hall–Kier alpha value is -1.79. The Kier molecular flexibility index (Phi) is 2.90. The number of amides is 1. The standard InChI is InChI=1S/C7H6F3N3O/c8-7(9,10)6(14)13-12-5-3-1-2-4-11-5/h1-4H,(H,11,12)(H,13,14). The van der Waals surface area contributed by atoms with E-state index in [1.54, 1.807) is 12.1 Å². The Morgan fingerprint density at radius 3 is 2.57 bits per heavy atom. The number of nitrogens with one attached hydrogen (secondary N) is 2. The smallest absolute Gasteiger partial charge is 0.282 e. The Bertz CT molecular complexity index is 312. The highest BCUT2D eigenvalue weighted by atomic mass is 19.4. The maximum atomic E-state index is 11.7. The second kappa shape index (κ2) is 3.95. The number of nitrogens with zero attached hydrogens (tertiary/aromatic N) is 1. The van der Waals surface area contributed by atoms with Gasteiger partial charge in [-0.05, 0) is 12.1 Å². The van der Waals surface area contributed by atoms with Crippen LogP contribution in [0.15, 0.2) is 24.4 Å². The van der Waals surface area contributed by atoms with Gasteiger partial charge < -0.3 is 0 Å². The van der Waals surface area contributed by atoms with Crippen LogP contribution in [-0.2, 0) is 4.79 Å². The maximum Gasteiger partial charge on any atom is 0.472 e. The van der Waals surface area contributed by atoms with E-state index < -0.39 is 12.1 Å². The Labute approximate surface area is 77.1 Å². The number of alkyl halides is 3. The summed E-state index contributed by atoms with van der Waals surface area (Å²) in [6.07, 6.45) is -3.52. The van der Waals surface area contributed by atoms with Crippen molar-refractivity contribution in [3.63, 3.8) is 0 Å². The molecule has 7 heteroatoms. The second-order valence-corrected chi connectivity index (χ2v) is 2.29. The maximum absolute atomic E-state index is 11.7. The van der Waals surface area contributed by atoms with Crippen LogP contribution in [0.4, 0.5) is 19.0 Å². The number of halogens is 3. The number of carbonyl (C=O) groups is 1. The van der Waals surface area contributed by atoms with E-state index >= 15 is 0 Å². The van der Waals surface area contributed by atoms with E-state index in [0.717, 1.165) is 0 Å². The number of aromatic nitrogens is 1. The van der Waals surface area contributed by atoms with E-state index in [4.69, 9.17) is 0 Å². The summed E-state index contributed by atoms with van der Waals surface area (Å²) in [5.41, 5.74) is 3.48. The number of carbonyl (C=O) groups excluding carboxylic acids is 1. The van der Waals surface area contributed by atoms with Gasteiger partial charge in [0, 0.05) is 6.20 Å². The van der Waals surface area contributed by atoms with Gasteiger partial charge in [-0.15, -0.1) is 0 Å². The summed E-state index contributed by atoms with van der Waals surface area (Å²) in [4.78, 5) is 14.0. The molecular weight excluding hydrogens is 199 g/mol. The predicted molar refractivity (Wildman–Crippen MR) is 42.1 cm³/mol. The molecule has 1 rings (SSSR count). The third kappa shape index (κ3) is 2.92. The van der Waals surface area contributed by atoms with E-state index in [9.17, 15) is 18.0 Å². The largest absolute Gasteiger partial charge is 0.472 e. The molecule has 0 aliphatic carbocycles. The van der Waals surface area contributed by atoms with Gasteiger partial charge in [0.2, 0.25) is 0 Å². The molecule has 0 bridgehead atoms. The van der Waals surface area contributed by atoms with Gasteiger partial charge >= 0.3 is 12.1 Å². The van der Waals surface area contributed by atoms with E-state index in [-0.39, 0.29) is 5.82 Å². The third-order valence-corrected chi connectivity index (χ3v) is 1.23. The average molecular weight is 205 g/mol. The average Bonchev–Trinajstić information content (AvgIpc) is 2.14. The zero-order valence-electron chi connectivity index (χ0n) is 6.80. The van der Waals surface area contributed by atoms with Crippen LogP contribution in [0.25, 0.3) is 0 Å². The van der Waals surface area contributed by atoms with Crippen molar-refractivity contribution in [2.45, 2.75) is 6.18 Å². The Morgan fingerprint density at radius 2 is 2.07 bits per heavy atom. The summed E-state index contributed by atoms with van der Waals surface area (Å²) in [6, 6.07) is 4.57. The first-order chi connectivity index (χ1) is 6.50. The van der Waals surface area contributed by atoms with Gasteiger partial charge in [-0.25, -0.2) is 4.98 Å². The molecule has 0 atom stereocenters. The number of anilines is 1. The van der Waals surface area contributed by atoms with Crippen LogP contribution in [-0.4, -0.2) is 17.1 Å². The first-order valence-electron chi connectivity index (χ1n) is 3.54. The molecule has 0 spiro atoms. The zero-order valence-corrected chi connectivity index (χ0v) is 6.80. The number of hydrogen-bond donors (Lipinski definition) is 2. The molecule has 1 amide bonds. The van der Waals surface area contributed by atoms with Crippen LogP contribution >= 0.6 is 0 Å². The van der Waals surface area contributed by atoms with Crippen molar-refractivity contribution in [1.82, 2.24) is 10.4 Å². The quantitative estimate of drug-likeness (QED) is 0.710. The summed E-state index contributed by atoms with van der Waals surface area (Å²) in [6.45, 7) is 0. The lowest BCUT2D eigenvalue weighted by Crippen LogP contribution is -2.40. The molecule has 0 aliphatic rings. The SMILES string of the molecule is O=C(NNc1ccccn1)C(F)(F)F. The topological polar surface area (TPSA) is 54.0 Å². The van der Waals surface area contributed by atoms with E-state index in [2.05, 4.69) is 4.98 Å². The molecule has 0 aliphatic heterocycles. The van der Waals surface area contributed by atoms with Gasteiger partial charge in [0.1, 0.15) is 5.82 Å². The molecule has 1 aromatic heterocycles. The van der Waals surface area contributed by atoms with Gasteiger partial charge in [0.15, 0.2) is 0 Å². The fraction of sp³-hybridized carbons (Fsp3) is 0.143. The molecule has 14 heavy (non-hydrogen) atoms. The van der Waals surface area contributed by atoms with Crippen LogP contribution in [0.3, 0.4) is 0 Å². The van der Waals surface area contributed by atoms with Gasteiger partial charge in [-0.1, -0.05) is 6.07 Å². The first kappa shape index (κ1) is 10.3. The molecule has 4 nitrogen and oxygen atoms in total. The lowest BCUT2D eigenvalue weighted by Gasteiger charge is -2.08. The van der Waals surface area contributed by atoms with Gasteiger partial charge in [0.25, 0.3) is 0 Å². The summed E-state index contributed by atoms with van der Waals surface area (Å²) >= 11 is 0. The van der Waals surface area contributed by atoms with E-state index in [1.165, 1.54) is 17.7 Å². The Balaban J connectivity index is 2.46. The summed E-state index contributed by atoms with van der Waals surface area (Å²) in [7, 11) is 0. The van der Waals surface area contributed by atoms with Crippen molar-refractivity contribution in [2.24, 2.45) is 0 Å². The summed E-state index contributed by atoms with van der Waals surface area (Å²) in [5, 5.41) is 0. The molecule has 2 N–H and O–H groups in total. The fourth-order valence-electron chi connectivity index (χ4n) is 0.628. The molecule has 0 saturated heterocycles. The normalized spacial score (nSPS) is 10.8. The van der Waals surface area contributed by atoms with Crippen LogP contribution in [0.1, 0.15) is 0 Å². The van der Waals surface area contributed by atoms with E-state index in [1.807, 2.05) is 5.43 Å². The zero-order chi connectivity index (χ0) is 10.6. The molecular formula is C7H6F3N3O. The summed E-state index contributed by atoms with van der Waals surface area (Å²) in [5.74, 6) is -1.94. The molecule has 0 saturated carbocycles. The minimum absolute atomic E-state index is 0.130. The van der Waals surface area contributed by atoms with Crippen LogP contribution < -0.4 is 10.9 Å². The first-order valence-corrected chi connectivity index (χ1v) is 3.54. The van der Waals surface area contributed by atoms with Crippen LogP contribution in [0.5, 0.6) is 0 Å². The molecule has 0 radical (unpaired) electrons. The minimum Gasteiger partial charge on any atom is -0.282 e. The predicted octanol–water partition coefficient (Wildman–Crippen LogP) is 1.09. The van der Waals surface area contributed by atoms with Crippen molar-refractivity contribution < 1.29 is 18.0 Å². The van der Waals surface area contributed by atoms with Gasteiger partial charge in [0.05, 0.1) is 0 Å². The van der Waals surface area contributed by atoms with Crippen molar-refractivity contribution >= 4 is 11.7 Å². The third-order valence-electron chi connectivity index (χ3n) is 1.23. The van der Waals surface area contributed by atoms with Gasteiger partial charge in [-0.3, -0.25) is 15.6 Å². The lowest BCUT2D eigenvalue weighted by atomic mass is 10.5. The van der Waals surface area contributed by atoms with Crippen LogP contribution in [0, 0.1) is 0 Å². The number of hydrazine groups is 1. The molecule has 0 aromatic carbocycles. The minimum atomic E-state index is -4.90. The second-order valence-electron chi connectivity index (χ2n) is 2.29. The summed E-state index contributed by atoms with van der Waals surface area (Å²) < 4.78 is 35.0. The number of rotatable bonds is 2. The number of pyridine rings is 1. The highest BCUT2D eigenvalue weighted by molar-refractivity contribution is 5.82. The molecule has 0 unspecified atom stereocenters. The molecule has 0 fully saturated rings. The Morgan fingerprint density at radius 1 is 1.36 bits per heavy atom.